The van der Waals surface area contributed by atoms with E-state index >= 15 is 0 Å². The first kappa shape index (κ1) is 7.91. The number of hydrogen-bond acceptors (Lipinski definition) is 3. The zero-order valence-electron chi connectivity index (χ0n) is 7.24. The third-order valence-electron chi connectivity index (χ3n) is 1.75. The van der Waals surface area contributed by atoms with Crippen LogP contribution in [0, 0.1) is 0 Å². The maximum atomic E-state index is 9.41. The molecule has 0 saturated heterocycles. The first-order valence-corrected chi connectivity index (χ1v) is 4.11. The van der Waals surface area contributed by atoms with Crippen molar-refractivity contribution in [3.63, 3.8) is 0 Å². The number of benzene rings is 1. The number of nitrogens with one attached hydrogen (secondary N) is 1. The van der Waals surface area contributed by atoms with Gasteiger partial charge in [-0.2, -0.15) is 4.98 Å². The molecule has 0 aliphatic heterocycles. The summed E-state index contributed by atoms with van der Waals surface area (Å²) in [5.74, 6) is 0.166. The van der Waals surface area contributed by atoms with Gasteiger partial charge < -0.3 is 14.8 Å². The number of phenolic OH excluding ortho intramolecular Hbond substituents is 1. The standard InChI is InChI=1S/C9H10N2O2/c1-2-13-9-10-6-4-3-5-7(12)8(6)11-9/h3-5,12H,2H2,1H3,(H,10,11). The average Bonchev–Trinajstić information content (AvgIpc) is 2.49. The van der Waals surface area contributed by atoms with Gasteiger partial charge in [0.1, 0.15) is 11.3 Å². The zero-order valence-corrected chi connectivity index (χ0v) is 7.24. The van der Waals surface area contributed by atoms with Crippen LogP contribution in [0.3, 0.4) is 0 Å². The van der Waals surface area contributed by atoms with Crippen LogP contribution in [0.5, 0.6) is 11.8 Å². The van der Waals surface area contributed by atoms with E-state index in [1.165, 1.54) is 0 Å². The number of aromatic amines is 1. The molecule has 0 radical (unpaired) electrons. The van der Waals surface area contributed by atoms with Crippen molar-refractivity contribution in [2.75, 3.05) is 6.61 Å². The van der Waals surface area contributed by atoms with Gasteiger partial charge in [0.25, 0.3) is 6.01 Å². The summed E-state index contributed by atoms with van der Waals surface area (Å²) in [7, 11) is 0. The van der Waals surface area contributed by atoms with Crippen LogP contribution in [0.25, 0.3) is 11.0 Å². The highest BCUT2D eigenvalue weighted by Gasteiger charge is 2.05. The van der Waals surface area contributed by atoms with Gasteiger partial charge in [-0.05, 0) is 19.1 Å². The Bertz CT molecular complexity index is 422. The SMILES string of the molecule is CCOc1nc2c(O)cccc2[nH]1. The quantitative estimate of drug-likeness (QED) is 0.735. The molecule has 0 atom stereocenters. The van der Waals surface area contributed by atoms with Crippen molar-refractivity contribution in [2.24, 2.45) is 0 Å². The second-order valence-corrected chi connectivity index (χ2v) is 2.65. The minimum Gasteiger partial charge on any atom is -0.506 e. The van der Waals surface area contributed by atoms with Crippen LogP contribution in [0.15, 0.2) is 18.2 Å². The van der Waals surface area contributed by atoms with Gasteiger partial charge in [0.2, 0.25) is 0 Å². The molecule has 1 heterocycles. The highest BCUT2D eigenvalue weighted by molar-refractivity contribution is 5.81. The monoisotopic (exact) mass is 178 g/mol. The fraction of sp³-hybridized carbons (Fsp3) is 0.222. The van der Waals surface area contributed by atoms with Gasteiger partial charge in [-0.25, -0.2) is 0 Å². The molecule has 0 saturated carbocycles. The smallest absolute Gasteiger partial charge is 0.294 e. The third-order valence-corrected chi connectivity index (χ3v) is 1.75. The van der Waals surface area contributed by atoms with Crippen LogP contribution in [-0.4, -0.2) is 21.7 Å². The van der Waals surface area contributed by atoms with E-state index < -0.39 is 0 Å². The Kier molecular flexibility index (Phi) is 1.81. The minimum absolute atomic E-state index is 0.166. The summed E-state index contributed by atoms with van der Waals surface area (Å²) in [6.45, 7) is 2.44. The summed E-state index contributed by atoms with van der Waals surface area (Å²) < 4.78 is 5.17. The Balaban J connectivity index is 2.55. The number of rotatable bonds is 2. The van der Waals surface area contributed by atoms with Crippen molar-refractivity contribution in [2.45, 2.75) is 6.92 Å². The molecule has 1 aromatic heterocycles. The molecule has 0 amide bonds. The molecule has 0 aliphatic rings. The molecule has 0 spiro atoms. The van der Waals surface area contributed by atoms with Crippen LogP contribution >= 0.6 is 0 Å². The number of ether oxygens (including phenoxy) is 1. The second-order valence-electron chi connectivity index (χ2n) is 2.65. The van der Waals surface area contributed by atoms with Crippen molar-refractivity contribution in [3.05, 3.63) is 18.2 Å². The molecule has 0 bridgehead atoms. The van der Waals surface area contributed by atoms with Crippen molar-refractivity contribution >= 4 is 11.0 Å². The number of para-hydroxylation sites is 1. The number of fused-ring (bicyclic) bond motifs is 1. The van der Waals surface area contributed by atoms with E-state index in [0.717, 1.165) is 5.52 Å². The lowest BCUT2D eigenvalue weighted by Crippen LogP contribution is -1.92. The topological polar surface area (TPSA) is 58.1 Å². The summed E-state index contributed by atoms with van der Waals surface area (Å²) in [5.41, 5.74) is 1.33. The zero-order chi connectivity index (χ0) is 9.26. The molecular formula is C9H10N2O2. The first-order valence-electron chi connectivity index (χ1n) is 4.11. The van der Waals surface area contributed by atoms with Gasteiger partial charge >= 0.3 is 0 Å². The molecule has 0 fully saturated rings. The fourth-order valence-electron chi connectivity index (χ4n) is 1.20. The molecule has 2 N–H and O–H groups in total. The Hall–Kier alpha value is -1.71. The van der Waals surface area contributed by atoms with Gasteiger partial charge in [0, 0.05) is 0 Å². The van der Waals surface area contributed by atoms with Gasteiger partial charge in [0.15, 0.2) is 0 Å². The molecule has 4 heteroatoms. The number of hydrogen-bond donors (Lipinski definition) is 2. The number of aromatic nitrogens is 2. The number of H-pyrrole nitrogens is 1. The van der Waals surface area contributed by atoms with E-state index in [0.29, 0.717) is 18.1 Å². The first-order chi connectivity index (χ1) is 6.31. The van der Waals surface area contributed by atoms with Gasteiger partial charge in [0.05, 0.1) is 12.1 Å². The van der Waals surface area contributed by atoms with E-state index in [1.54, 1.807) is 12.1 Å². The van der Waals surface area contributed by atoms with E-state index in [1.807, 2.05) is 13.0 Å². The van der Waals surface area contributed by atoms with Crippen LogP contribution in [0.2, 0.25) is 0 Å². The summed E-state index contributed by atoms with van der Waals surface area (Å²) >= 11 is 0. The Morgan fingerprint density at radius 3 is 3.08 bits per heavy atom. The van der Waals surface area contributed by atoms with Crippen LogP contribution in [0.1, 0.15) is 6.92 Å². The van der Waals surface area contributed by atoms with Crippen molar-refractivity contribution < 1.29 is 9.84 Å². The molecule has 4 nitrogen and oxygen atoms in total. The van der Waals surface area contributed by atoms with Gasteiger partial charge in [-0.3, -0.25) is 0 Å². The largest absolute Gasteiger partial charge is 0.506 e. The van der Waals surface area contributed by atoms with E-state index in [2.05, 4.69) is 9.97 Å². The fourth-order valence-corrected chi connectivity index (χ4v) is 1.20. The molecule has 2 aromatic rings. The maximum absolute atomic E-state index is 9.41. The molecular weight excluding hydrogens is 168 g/mol. The van der Waals surface area contributed by atoms with Crippen molar-refractivity contribution in [1.82, 2.24) is 9.97 Å². The van der Waals surface area contributed by atoms with E-state index in [4.69, 9.17) is 4.74 Å². The summed E-state index contributed by atoms with van der Waals surface area (Å²) in [4.78, 5) is 7.02. The second kappa shape index (κ2) is 2.97. The molecule has 13 heavy (non-hydrogen) atoms. The number of imidazole rings is 1. The number of nitrogens with zero attached hydrogens (tertiary/aromatic N) is 1. The Morgan fingerprint density at radius 2 is 2.38 bits per heavy atom. The van der Waals surface area contributed by atoms with Gasteiger partial charge in [-0.15, -0.1) is 0 Å². The lowest BCUT2D eigenvalue weighted by Gasteiger charge is -1.93. The predicted octanol–water partition coefficient (Wildman–Crippen LogP) is 1.67. The van der Waals surface area contributed by atoms with Gasteiger partial charge in [-0.1, -0.05) is 6.07 Å². The summed E-state index contributed by atoms with van der Waals surface area (Å²) in [6.07, 6.45) is 0. The van der Waals surface area contributed by atoms with Crippen molar-refractivity contribution in [3.8, 4) is 11.8 Å². The summed E-state index contributed by atoms with van der Waals surface area (Å²) in [5, 5.41) is 9.41. The normalized spacial score (nSPS) is 10.5. The Morgan fingerprint density at radius 1 is 1.54 bits per heavy atom. The van der Waals surface area contributed by atoms with Crippen LogP contribution in [-0.2, 0) is 0 Å². The minimum atomic E-state index is 0.166. The summed E-state index contributed by atoms with van der Waals surface area (Å²) in [6, 6.07) is 5.63. The Labute approximate surface area is 75.2 Å². The lowest BCUT2D eigenvalue weighted by molar-refractivity contribution is 0.317. The van der Waals surface area contributed by atoms with Crippen LogP contribution < -0.4 is 4.74 Å². The maximum Gasteiger partial charge on any atom is 0.294 e. The molecule has 0 aliphatic carbocycles. The van der Waals surface area contributed by atoms with Crippen molar-refractivity contribution in [1.29, 1.82) is 0 Å². The predicted molar refractivity (Wildman–Crippen MR) is 48.9 cm³/mol. The number of phenols is 1. The highest BCUT2D eigenvalue weighted by atomic mass is 16.5. The highest BCUT2D eigenvalue weighted by Crippen LogP contribution is 2.23. The van der Waals surface area contributed by atoms with E-state index in [9.17, 15) is 5.11 Å². The molecule has 0 unspecified atom stereocenters. The van der Waals surface area contributed by atoms with E-state index in [-0.39, 0.29) is 5.75 Å². The molecule has 1 aromatic carbocycles. The average molecular weight is 178 g/mol. The third kappa shape index (κ3) is 1.30. The molecule has 2 rings (SSSR count). The number of aromatic hydroxyl groups is 1. The molecule has 68 valence electrons. The lowest BCUT2D eigenvalue weighted by atomic mass is 10.3. The van der Waals surface area contributed by atoms with Crippen LogP contribution in [0.4, 0.5) is 0 Å².